The van der Waals surface area contributed by atoms with E-state index in [9.17, 15) is 19.1 Å². The Hall–Kier alpha value is -2.15. The third-order valence-corrected chi connectivity index (χ3v) is 3.33. The highest BCUT2D eigenvalue weighted by atomic mass is 19.1. The summed E-state index contributed by atoms with van der Waals surface area (Å²) >= 11 is 0. The lowest BCUT2D eigenvalue weighted by Gasteiger charge is -2.22. The average molecular weight is 282 g/mol. The number of aliphatic carboxylic acids is 1. The van der Waals surface area contributed by atoms with Crippen LogP contribution in [0.1, 0.15) is 12.0 Å². The number of benzene rings is 1. The smallest absolute Gasteiger partial charge is 0.326 e. The molecule has 2 rings (SSSR count). The molecule has 2 atom stereocenters. The molecule has 1 aliphatic rings. The van der Waals surface area contributed by atoms with Crippen LogP contribution in [0.15, 0.2) is 18.2 Å². The maximum Gasteiger partial charge on any atom is 0.326 e. The lowest BCUT2D eigenvalue weighted by molar-refractivity contribution is -0.141. The Morgan fingerprint density at radius 1 is 1.45 bits per heavy atom. The summed E-state index contributed by atoms with van der Waals surface area (Å²) in [7, 11) is 0. The van der Waals surface area contributed by atoms with Gasteiger partial charge in [0.05, 0.1) is 6.10 Å². The van der Waals surface area contributed by atoms with E-state index in [1.807, 2.05) is 0 Å². The van der Waals surface area contributed by atoms with Crippen molar-refractivity contribution in [2.24, 2.45) is 0 Å². The van der Waals surface area contributed by atoms with E-state index in [0.717, 1.165) is 4.90 Å². The number of hydrogen-bond acceptors (Lipinski definition) is 3. The molecule has 0 unspecified atom stereocenters. The van der Waals surface area contributed by atoms with Crippen molar-refractivity contribution < 1.29 is 24.2 Å². The monoisotopic (exact) mass is 282 g/mol. The highest BCUT2D eigenvalue weighted by Crippen LogP contribution is 2.22. The van der Waals surface area contributed by atoms with Crippen LogP contribution in [0.3, 0.4) is 0 Å². The summed E-state index contributed by atoms with van der Waals surface area (Å²) in [5.41, 5.74) is 0.549. The van der Waals surface area contributed by atoms with E-state index in [2.05, 4.69) is 5.32 Å². The van der Waals surface area contributed by atoms with E-state index < -0.39 is 30.0 Å². The molecular formula is C13H15FN2O4. The summed E-state index contributed by atoms with van der Waals surface area (Å²) < 4.78 is 13.4. The fraction of sp³-hybridized carbons (Fsp3) is 0.385. The maximum atomic E-state index is 13.4. The van der Waals surface area contributed by atoms with Crippen LogP contribution in [-0.2, 0) is 4.79 Å². The van der Waals surface area contributed by atoms with Gasteiger partial charge in [0.2, 0.25) is 0 Å². The van der Waals surface area contributed by atoms with Gasteiger partial charge in [0, 0.05) is 24.2 Å². The highest BCUT2D eigenvalue weighted by molar-refractivity contribution is 5.93. The molecule has 1 aromatic rings. The molecule has 0 radical (unpaired) electrons. The maximum absolute atomic E-state index is 13.4. The molecule has 0 saturated carbocycles. The Balaban J connectivity index is 2.15. The van der Waals surface area contributed by atoms with Crippen molar-refractivity contribution in [3.05, 3.63) is 29.6 Å². The van der Waals surface area contributed by atoms with Crippen molar-refractivity contribution in [1.82, 2.24) is 4.90 Å². The molecule has 6 nitrogen and oxygen atoms in total. The number of anilines is 1. The summed E-state index contributed by atoms with van der Waals surface area (Å²) in [6.07, 6.45) is -0.874. The van der Waals surface area contributed by atoms with Crippen LogP contribution in [0.25, 0.3) is 0 Å². The van der Waals surface area contributed by atoms with Gasteiger partial charge >= 0.3 is 12.0 Å². The number of β-amino-alcohol motifs (C(OH)–C–C–N with tert-alkyl or cyclic N) is 1. The van der Waals surface area contributed by atoms with Crippen LogP contribution < -0.4 is 5.32 Å². The number of hydrogen-bond donors (Lipinski definition) is 3. The second kappa shape index (κ2) is 5.46. The van der Waals surface area contributed by atoms with Crippen molar-refractivity contribution in [2.75, 3.05) is 11.9 Å². The van der Waals surface area contributed by atoms with E-state index in [0.29, 0.717) is 0 Å². The Labute approximate surface area is 114 Å². The molecule has 1 fully saturated rings. The first-order valence-electron chi connectivity index (χ1n) is 6.13. The quantitative estimate of drug-likeness (QED) is 0.760. The number of aliphatic hydroxyl groups is 1. The molecule has 20 heavy (non-hydrogen) atoms. The fourth-order valence-corrected chi connectivity index (χ4v) is 2.20. The average Bonchev–Trinajstić information content (AvgIpc) is 2.77. The molecule has 7 heteroatoms. The van der Waals surface area contributed by atoms with Gasteiger partial charge in [-0.15, -0.1) is 0 Å². The number of carboxylic acid groups (broad SMARTS) is 1. The number of rotatable bonds is 2. The number of nitrogens with one attached hydrogen (secondary N) is 1. The Kier molecular flexibility index (Phi) is 3.89. The predicted molar refractivity (Wildman–Crippen MR) is 68.9 cm³/mol. The normalized spacial score (nSPS) is 21.9. The third-order valence-electron chi connectivity index (χ3n) is 3.33. The van der Waals surface area contributed by atoms with E-state index in [-0.39, 0.29) is 24.2 Å². The van der Waals surface area contributed by atoms with Crippen molar-refractivity contribution in [2.45, 2.75) is 25.5 Å². The summed E-state index contributed by atoms with van der Waals surface area (Å²) in [5.74, 6) is -1.63. The number of carboxylic acids is 1. The molecule has 0 aromatic heterocycles. The van der Waals surface area contributed by atoms with Gasteiger partial charge in [0.25, 0.3) is 0 Å². The minimum Gasteiger partial charge on any atom is -0.480 e. The van der Waals surface area contributed by atoms with Gasteiger partial charge < -0.3 is 20.4 Å². The van der Waals surface area contributed by atoms with Gasteiger partial charge in [-0.2, -0.15) is 0 Å². The molecule has 2 amide bonds. The number of carbonyl (C=O) groups is 2. The first-order chi connectivity index (χ1) is 9.40. The zero-order valence-corrected chi connectivity index (χ0v) is 10.8. The first-order valence-corrected chi connectivity index (χ1v) is 6.13. The third kappa shape index (κ3) is 2.72. The topological polar surface area (TPSA) is 89.9 Å². The molecule has 3 N–H and O–H groups in total. The number of nitrogens with zero attached hydrogens (tertiary/aromatic N) is 1. The lowest BCUT2D eigenvalue weighted by Crippen LogP contribution is -2.43. The standard InChI is InChI=1S/C13H15FN2O4/c1-7-9(14)3-2-4-10(7)15-13(20)16-6-8(17)5-11(16)12(18)19/h2-4,8,11,17H,5-6H2,1H3,(H,15,20)(H,18,19)/t8-,11-/m0/s1. The molecule has 1 heterocycles. The molecule has 0 spiro atoms. The largest absolute Gasteiger partial charge is 0.480 e. The van der Waals surface area contributed by atoms with Crippen LogP contribution in [0.5, 0.6) is 0 Å². The Bertz CT molecular complexity index is 549. The molecular weight excluding hydrogens is 267 g/mol. The van der Waals surface area contributed by atoms with Crippen molar-refractivity contribution in [3.63, 3.8) is 0 Å². The SMILES string of the molecule is Cc1c(F)cccc1NC(=O)N1C[C@@H](O)C[C@H]1C(=O)O. The van der Waals surface area contributed by atoms with Gasteiger partial charge in [-0.05, 0) is 19.1 Å². The molecule has 1 saturated heterocycles. The zero-order chi connectivity index (χ0) is 14.9. The molecule has 108 valence electrons. The molecule has 0 aliphatic carbocycles. The zero-order valence-electron chi connectivity index (χ0n) is 10.8. The van der Waals surface area contributed by atoms with Crippen molar-refractivity contribution in [3.8, 4) is 0 Å². The lowest BCUT2D eigenvalue weighted by atomic mass is 10.2. The second-order valence-electron chi connectivity index (χ2n) is 4.74. The van der Waals surface area contributed by atoms with Gasteiger partial charge in [-0.3, -0.25) is 0 Å². The number of likely N-dealkylation sites (tertiary alicyclic amines) is 1. The molecule has 1 aromatic carbocycles. The minimum atomic E-state index is -1.17. The number of amides is 2. The van der Waals surface area contributed by atoms with Crippen LogP contribution in [0.4, 0.5) is 14.9 Å². The number of urea groups is 1. The van der Waals surface area contributed by atoms with Crippen molar-refractivity contribution >= 4 is 17.7 Å². The van der Waals surface area contributed by atoms with Crippen LogP contribution in [0.2, 0.25) is 0 Å². The number of aliphatic hydroxyl groups excluding tert-OH is 1. The molecule has 0 bridgehead atoms. The van der Waals surface area contributed by atoms with Gasteiger partial charge in [0.15, 0.2) is 0 Å². The Morgan fingerprint density at radius 2 is 2.15 bits per heavy atom. The summed E-state index contributed by atoms with van der Waals surface area (Å²) in [5, 5.41) is 21.0. The van der Waals surface area contributed by atoms with E-state index >= 15 is 0 Å². The van der Waals surface area contributed by atoms with Crippen LogP contribution >= 0.6 is 0 Å². The summed E-state index contributed by atoms with van der Waals surface area (Å²) in [6, 6.07) is 2.51. The van der Waals surface area contributed by atoms with E-state index in [1.54, 1.807) is 0 Å². The van der Waals surface area contributed by atoms with Crippen LogP contribution in [0, 0.1) is 12.7 Å². The number of halogens is 1. The van der Waals surface area contributed by atoms with Crippen molar-refractivity contribution in [1.29, 1.82) is 0 Å². The summed E-state index contributed by atoms with van der Waals surface area (Å²) in [6.45, 7) is 1.45. The second-order valence-corrected chi connectivity index (χ2v) is 4.74. The first kappa shape index (κ1) is 14.3. The minimum absolute atomic E-state index is 0.00904. The highest BCUT2D eigenvalue weighted by Gasteiger charge is 2.39. The van der Waals surface area contributed by atoms with Crippen LogP contribution in [-0.4, -0.2) is 45.8 Å². The van der Waals surface area contributed by atoms with Gasteiger partial charge in [-0.1, -0.05) is 6.07 Å². The summed E-state index contributed by atoms with van der Waals surface area (Å²) in [4.78, 5) is 24.1. The van der Waals surface area contributed by atoms with Gasteiger partial charge in [0.1, 0.15) is 11.9 Å². The fourth-order valence-electron chi connectivity index (χ4n) is 2.20. The Morgan fingerprint density at radius 3 is 2.80 bits per heavy atom. The predicted octanol–water partition coefficient (Wildman–Crippen LogP) is 1.19. The molecule has 1 aliphatic heterocycles. The van der Waals surface area contributed by atoms with E-state index in [1.165, 1.54) is 25.1 Å². The van der Waals surface area contributed by atoms with Gasteiger partial charge in [-0.25, -0.2) is 14.0 Å². The van der Waals surface area contributed by atoms with E-state index in [4.69, 9.17) is 5.11 Å². The number of carbonyl (C=O) groups excluding carboxylic acids is 1.